The van der Waals surface area contributed by atoms with Gasteiger partial charge in [0.15, 0.2) is 0 Å². The lowest BCUT2D eigenvalue weighted by Gasteiger charge is -2.23. The summed E-state index contributed by atoms with van der Waals surface area (Å²) in [6.45, 7) is -1.02. The summed E-state index contributed by atoms with van der Waals surface area (Å²) < 4.78 is 46.9. The summed E-state index contributed by atoms with van der Waals surface area (Å²) in [5, 5.41) is 3.02. The third-order valence-corrected chi connectivity index (χ3v) is 6.93. The molecule has 0 radical (unpaired) electrons. The Hall–Kier alpha value is -2.65. The highest BCUT2D eigenvalue weighted by molar-refractivity contribution is 7.89. The highest BCUT2D eigenvalue weighted by Crippen LogP contribution is 2.25. The number of benzene rings is 3. The molecule has 1 amide bonds. The van der Waals surface area contributed by atoms with Gasteiger partial charge in [-0.1, -0.05) is 35.3 Å². The molecule has 0 spiro atoms. The predicted octanol–water partition coefficient (Wildman–Crippen LogP) is 4.97. The van der Waals surface area contributed by atoms with Gasteiger partial charge in [0.1, 0.15) is 11.6 Å². The number of hydrogen-bond donors (Lipinski definition) is 1. The molecule has 0 unspecified atom stereocenters. The van der Waals surface area contributed by atoms with Crippen LogP contribution in [0.4, 0.5) is 10.1 Å². The number of carbonyl (C=O) groups excluding carboxylic acids is 1. The van der Waals surface area contributed by atoms with Gasteiger partial charge in [-0.25, -0.2) is 12.8 Å². The number of amides is 1. The number of methoxy groups -OCH3 is 1. The topological polar surface area (TPSA) is 75.7 Å². The van der Waals surface area contributed by atoms with Crippen LogP contribution in [0.1, 0.15) is 5.56 Å². The molecule has 1 N–H and O–H groups in total. The average molecular weight is 497 g/mol. The van der Waals surface area contributed by atoms with Crippen molar-refractivity contribution < 1.29 is 22.3 Å². The van der Waals surface area contributed by atoms with E-state index < -0.39 is 34.8 Å². The second-order valence-electron chi connectivity index (χ2n) is 6.71. The van der Waals surface area contributed by atoms with Crippen LogP contribution in [0.25, 0.3) is 0 Å². The summed E-state index contributed by atoms with van der Waals surface area (Å²) in [5.74, 6) is -0.781. The van der Waals surface area contributed by atoms with Crippen LogP contribution >= 0.6 is 23.2 Å². The van der Waals surface area contributed by atoms with Crippen LogP contribution in [0.5, 0.6) is 5.75 Å². The molecular weight excluding hydrogens is 478 g/mol. The minimum atomic E-state index is -4.19. The minimum absolute atomic E-state index is 0.0408. The third-order valence-electron chi connectivity index (χ3n) is 4.52. The Kier molecular flexibility index (Phi) is 7.73. The van der Waals surface area contributed by atoms with Crippen molar-refractivity contribution in [1.29, 1.82) is 0 Å². The molecule has 3 aromatic carbocycles. The molecule has 0 atom stereocenters. The molecule has 0 saturated heterocycles. The Morgan fingerprint density at radius 3 is 2.41 bits per heavy atom. The lowest BCUT2D eigenvalue weighted by atomic mass is 10.2. The first-order valence-corrected chi connectivity index (χ1v) is 11.5. The monoisotopic (exact) mass is 496 g/mol. The van der Waals surface area contributed by atoms with Crippen molar-refractivity contribution in [3.05, 3.63) is 88.2 Å². The second kappa shape index (κ2) is 10.3. The van der Waals surface area contributed by atoms with E-state index in [1.54, 1.807) is 24.3 Å². The molecule has 32 heavy (non-hydrogen) atoms. The van der Waals surface area contributed by atoms with E-state index in [1.165, 1.54) is 49.6 Å². The molecule has 3 aromatic rings. The average Bonchev–Trinajstić information content (AvgIpc) is 2.76. The molecule has 0 aliphatic heterocycles. The Morgan fingerprint density at radius 2 is 1.75 bits per heavy atom. The van der Waals surface area contributed by atoms with Crippen molar-refractivity contribution in [2.24, 2.45) is 0 Å². The first kappa shape index (κ1) is 24.0. The van der Waals surface area contributed by atoms with E-state index in [9.17, 15) is 17.6 Å². The lowest BCUT2D eigenvalue weighted by Crippen LogP contribution is -2.37. The number of sulfonamides is 1. The van der Waals surface area contributed by atoms with Gasteiger partial charge in [-0.2, -0.15) is 4.31 Å². The summed E-state index contributed by atoms with van der Waals surface area (Å²) in [6, 6.07) is 16.1. The van der Waals surface area contributed by atoms with E-state index in [-0.39, 0.29) is 15.5 Å². The fourth-order valence-electron chi connectivity index (χ4n) is 2.90. The molecule has 0 aliphatic rings. The number of halogens is 3. The van der Waals surface area contributed by atoms with Crippen LogP contribution in [0.15, 0.2) is 71.6 Å². The van der Waals surface area contributed by atoms with Gasteiger partial charge in [-0.3, -0.25) is 4.79 Å². The molecule has 0 heterocycles. The fourth-order valence-corrected chi connectivity index (χ4v) is 4.62. The summed E-state index contributed by atoms with van der Waals surface area (Å²) >= 11 is 12.0. The van der Waals surface area contributed by atoms with E-state index in [4.69, 9.17) is 27.9 Å². The number of carbonyl (C=O) groups is 1. The van der Waals surface area contributed by atoms with Gasteiger partial charge >= 0.3 is 0 Å². The summed E-state index contributed by atoms with van der Waals surface area (Å²) in [7, 11) is -2.70. The van der Waals surface area contributed by atoms with E-state index >= 15 is 0 Å². The summed E-state index contributed by atoms with van der Waals surface area (Å²) in [4.78, 5) is 12.6. The van der Waals surface area contributed by atoms with E-state index in [2.05, 4.69) is 5.32 Å². The number of ether oxygens (including phenoxy) is 1. The molecule has 0 fully saturated rings. The van der Waals surface area contributed by atoms with Crippen LogP contribution in [0.3, 0.4) is 0 Å². The zero-order valence-electron chi connectivity index (χ0n) is 16.9. The quantitative estimate of drug-likeness (QED) is 0.477. The zero-order valence-corrected chi connectivity index (χ0v) is 19.2. The Bertz CT molecular complexity index is 1200. The second-order valence-corrected chi connectivity index (χ2v) is 9.49. The molecule has 168 valence electrons. The SMILES string of the molecule is COc1cccc(NC(=O)CN(Cc2c(F)cccc2Cl)S(=O)(=O)c2ccc(Cl)cc2)c1. The maximum atomic E-state index is 14.4. The van der Waals surface area contributed by atoms with Crippen molar-refractivity contribution in [2.45, 2.75) is 11.4 Å². The molecule has 0 aromatic heterocycles. The van der Waals surface area contributed by atoms with E-state index in [0.717, 1.165) is 4.31 Å². The lowest BCUT2D eigenvalue weighted by molar-refractivity contribution is -0.116. The number of rotatable bonds is 8. The Balaban J connectivity index is 1.92. The number of nitrogens with one attached hydrogen (secondary N) is 1. The van der Waals surface area contributed by atoms with Gasteiger partial charge in [0.05, 0.1) is 18.6 Å². The number of nitrogens with zero attached hydrogens (tertiary/aromatic N) is 1. The fraction of sp³-hybridized carbons (Fsp3) is 0.136. The smallest absolute Gasteiger partial charge is 0.243 e. The van der Waals surface area contributed by atoms with Gasteiger partial charge in [0.25, 0.3) is 0 Å². The van der Waals surface area contributed by atoms with Gasteiger partial charge in [-0.05, 0) is 48.5 Å². The van der Waals surface area contributed by atoms with E-state index in [0.29, 0.717) is 16.5 Å². The van der Waals surface area contributed by atoms with Crippen molar-refractivity contribution in [2.75, 3.05) is 19.0 Å². The highest BCUT2D eigenvalue weighted by Gasteiger charge is 2.28. The number of anilines is 1. The van der Waals surface area contributed by atoms with Crippen molar-refractivity contribution >= 4 is 44.8 Å². The summed E-state index contributed by atoms with van der Waals surface area (Å²) in [6.07, 6.45) is 0. The standard InChI is InChI=1S/C22H19Cl2FN2O4S/c1-31-17-5-2-4-16(12-17)26-22(28)14-27(13-19-20(24)6-3-7-21(19)25)32(29,30)18-10-8-15(23)9-11-18/h2-12H,13-14H2,1H3,(H,26,28). The molecule has 0 aliphatic carbocycles. The van der Waals surface area contributed by atoms with Crippen molar-refractivity contribution in [3.63, 3.8) is 0 Å². The zero-order chi connectivity index (χ0) is 23.3. The number of hydrogen-bond acceptors (Lipinski definition) is 4. The van der Waals surface area contributed by atoms with Crippen LogP contribution in [-0.4, -0.2) is 32.3 Å². The van der Waals surface area contributed by atoms with Gasteiger partial charge in [0, 0.05) is 33.9 Å². The normalized spacial score (nSPS) is 11.4. The predicted molar refractivity (Wildman–Crippen MR) is 122 cm³/mol. The molecule has 6 nitrogen and oxygen atoms in total. The van der Waals surface area contributed by atoms with Crippen LogP contribution < -0.4 is 10.1 Å². The molecule has 0 bridgehead atoms. The minimum Gasteiger partial charge on any atom is -0.497 e. The first-order valence-electron chi connectivity index (χ1n) is 9.33. The Morgan fingerprint density at radius 1 is 1.06 bits per heavy atom. The first-order chi connectivity index (χ1) is 15.2. The third kappa shape index (κ3) is 5.77. The molecule has 10 heteroatoms. The van der Waals surface area contributed by atoms with Crippen molar-refractivity contribution in [1.82, 2.24) is 4.31 Å². The van der Waals surface area contributed by atoms with Crippen LogP contribution in [0.2, 0.25) is 10.0 Å². The van der Waals surface area contributed by atoms with Crippen LogP contribution in [-0.2, 0) is 21.4 Å². The van der Waals surface area contributed by atoms with Gasteiger partial charge in [-0.15, -0.1) is 0 Å². The maximum absolute atomic E-state index is 14.4. The van der Waals surface area contributed by atoms with E-state index in [1.807, 2.05) is 0 Å². The molecule has 0 saturated carbocycles. The molecular formula is C22H19Cl2FN2O4S. The van der Waals surface area contributed by atoms with Gasteiger partial charge < -0.3 is 10.1 Å². The van der Waals surface area contributed by atoms with Crippen LogP contribution in [0, 0.1) is 5.82 Å². The Labute approximate surface area is 195 Å². The van der Waals surface area contributed by atoms with Crippen molar-refractivity contribution in [3.8, 4) is 5.75 Å². The molecule has 3 rings (SSSR count). The largest absolute Gasteiger partial charge is 0.497 e. The maximum Gasteiger partial charge on any atom is 0.243 e. The summed E-state index contributed by atoms with van der Waals surface area (Å²) in [5.41, 5.74) is 0.378. The van der Waals surface area contributed by atoms with Gasteiger partial charge in [0.2, 0.25) is 15.9 Å². The highest BCUT2D eigenvalue weighted by atomic mass is 35.5.